The second kappa shape index (κ2) is 4.39. The highest BCUT2D eigenvalue weighted by Gasteiger charge is 2.29. The third kappa shape index (κ3) is 1.71. The highest BCUT2D eigenvalue weighted by molar-refractivity contribution is 6.32. The van der Waals surface area contributed by atoms with Crippen LogP contribution >= 0.6 is 11.6 Å². The standard InChI is InChI=1S/C16H11ClN2O/c17-12-7-4-8-14-16(12)20-10-15-18-13(9-19(14)15)11-5-2-1-3-6-11/h1-8,10H,9H2. The first kappa shape index (κ1) is 11.6. The highest BCUT2D eigenvalue weighted by Crippen LogP contribution is 2.42. The Hall–Kier alpha value is -2.26. The molecule has 0 unspecified atom stereocenters. The zero-order valence-electron chi connectivity index (χ0n) is 10.6. The smallest absolute Gasteiger partial charge is 0.169 e. The first-order chi connectivity index (χ1) is 9.83. The lowest BCUT2D eigenvalue weighted by Gasteiger charge is -2.25. The summed E-state index contributed by atoms with van der Waals surface area (Å²) in [6, 6.07) is 15.9. The predicted octanol–water partition coefficient (Wildman–Crippen LogP) is 3.84. The number of hydrogen-bond acceptors (Lipinski definition) is 3. The van der Waals surface area contributed by atoms with E-state index in [1.54, 1.807) is 6.26 Å². The SMILES string of the molecule is Clc1cccc2c1OC=C1N=C(c3ccccc3)CN12. The molecule has 0 saturated heterocycles. The second-order valence-electron chi connectivity index (χ2n) is 4.69. The van der Waals surface area contributed by atoms with E-state index in [4.69, 9.17) is 16.3 Å². The molecule has 0 N–H and O–H groups in total. The Morgan fingerprint density at radius 1 is 1.05 bits per heavy atom. The third-order valence-electron chi connectivity index (χ3n) is 3.46. The monoisotopic (exact) mass is 282 g/mol. The third-order valence-corrected chi connectivity index (χ3v) is 3.76. The minimum Gasteiger partial charge on any atom is -0.457 e. The van der Waals surface area contributed by atoms with Gasteiger partial charge in [0, 0.05) is 0 Å². The molecule has 4 heteroatoms. The highest BCUT2D eigenvalue weighted by atomic mass is 35.5. The van der Waals surface area contributed by atoms with E-state index in [-0.39, 0.29) is 0 Å². The van der Waals surface area contributed by atoms with E-state index in [1.807, 2.05) is 36.4 Å². The number of fused-ring (bicyclic) bond motifs is 3. The Bertz CT molecular complexity index is 737. The maximum atomic E-state index is 6.17. The lowest BCUT2D eigenvalue weighted by molar-refractivity contribution is 0.464. The largest absolute Gasteiger partial charge is 0.457 e. The fraction of sp³-hybridized carbons (Fsp3) is 0.0625. The fourth-order valence-electron chi connectivity index (χ4n) is 2.49. The van der Waals surface area contributed by atoms with Crippen LogP contribution in [-0.2, 0) is 0 Å². The molecule has 0 spiro atoms. The van der Waals surface area contributed by atoms with Crippen LogP contribution in [-0.4, -0.2) is 12.3 Å². The zero-order valence-corrected chi connectivity index (χ0v) is 11.3. The lowest BCUT2D eigenvalue weighted by Crippen LogP contribution is -2.24. The summed E-state index contributed by atoms with van der Waals surface area (Å²) in [6.07, 6.45) is 1.66. The topological polar surface area (TPSA) is 24.8 Å². The van der Waals surface area contributed by atoms with Gasteiger partial charge in [-0.1, -0.05) is 48.0 Å². The van der Waals surface area contributed by atoms with Gasteiger partial charge in [-0.05, 0) is 17.7 Å². The molecule has 3 nitrogen and oxygen atoms in total. The molecule has 2 aromatic carbocycles. The maximum absolute atomic E-state index is 6.17. The van der Waals surface area contributed by atoms with Crippen molar-refractivity contribution >= 4 is 23.0 Å². The van der Waals surface area contributed by atoms with E-state index < -0.39 is 0 Å². The van der Waals surface area contributed by atoms with Crippen molar-refractivity contribution in [2.75, 3.05) is 11.4 Å². The van der Waals surface area contributed by atoms with Gasteiger partial charge in [0.25, 0.3) is 0 Å². The normalized spacial score (nSPS) is 15.9. The van der Waals surface area contributed by atoms with Crippen molar-refractivity contribution in [1.29, 1.82) is 0 Å². The molecule has 2 aliphatic heterocycles. The average molecular weight is 283 g/mol. The molecule has 0 aromatic heterocycles. The van der Waals surface area contributed by atoms with Crippen LogP contribution in [0.1, 0.15) is 5.56 Å². The first-order valence-electron chi connectivity index (χ1n) is 6.39. The molecule has 2 aliphatic rings. The van der Waals surface area contributed by atoms with Gasteiger partial charge in [-0.2, -0.15) is 0 Å². The predicted molar refractivity (Wildman–Crippen MR) is 80.5 cm³/mol. The molecular weight excluding hydrogens is 272 g/mol. The van der Waals surface area contributed by atoms with Crippen molar-refractivity contribution in [3.63, 3.8) is 0 Å². The summed E-state index contributed by atoms with van der Waals surface area (Å²) < 4.78 is 5.61. The van der Waals surface area contributed by atoms with Crippen LogP contribution in [0.5, 0.6) is 5.75 Å². The number of anilines is 1. The van der Waals surface area contributed by atoms with Crippen LogP contribution in [0.2, 0.25) is 5.02 Å². The van der Waals surface area contributed by atoms with Gasteiger partial charge < -0.3 is 9.64 Å². The zero-order chi connectivity index (χ0) is 13.5. The van der Waals surface area contributed by atoms with Gasteiger partial charge >= 0.3 is 0 Å². The van der Waals surface area contributed by atoms with Crippen LogP contribution in [0.3, 0.4) is 0 Å². The number of benzene rings is 2. The summed E-state index contributed by atoms with van der Waals surface area (Å²) in [5.41, 5.74) is 3.13. The van der Waals surface area contributed by atoms with E-state index in [9.17, 15) is 0 Å². The van der Waals surface area contributed by atoms with E-state index in [1.165, 1.54) is 0 Å². The van der Waals surface area contributed by atoms with Gasteiger partial charge in [-0.25, -0.2) is 4.99 Å². The maximum Gasteiger partial charge on any atom is 0.169 e. The number of nitrogens with zero attached hydrogens (tertiary/aromatic N) is 2. The van der Waals surface area contributed by atoms with Gasteiger partial charge in [0.2, 0.25) is 0 Å². The molecule has 0 fully saturated rings. The summed E-state index contributed by atoms with van der Waals surface area (Å²) in [7, 11) is 0. The number of halogens is 1. The number of para-hydroxylation sites is 1. The molecular formula is C16H11ClN2O. The molecule has 4 rings (SSSR count). The molecule has 0 saturated carbocycles. The van der Waals surface area contributed by atoms with Crippen LogP contribution in [0.4, 0.5) is 5.69 Å². The van der Waals surface area contributed by atoms with E-state index in [0.717, 1.165) is 29.3 Å². The van der Waals surface area contributed by atoms with Gasteiger partial charge in [-0.15, -0.1) is 0 Å². The molecule has 0 aliphatic carbocycles. The number of aliphatic imine (C=N–C) groups is 1. The van der Waals surface area contributed by atoms with Crippen LogP contribution in [0.15, 0.2) is 65.6 Å². The lowest BCUT2D eigenvalue weighted by atomic mass is 10.1. The summed E-state index contributed by atoms with van der Waals surface area (Å²) in [4.78, 5) is 6.76. The summed E-state index contributed by atoms with van der Waals surface area (Å²) in [6.45, 7) is 0.729. The molecule has 2 heterocycles. The van der Waals surface area contributed by atoms with Crippen LogP contribution in [0.25, 0.3) is 0 Å². The van der Waals surface area contributed by atoms with Gasteiger partial charge in [0.15, 0.2) is 11.6 Å². The Labute approximate surface area is 121 Å². The molecule has 0 amide bonds. The van der Waals surface area contributed by atoms with Crippen LogP contribution in [0, 0.1) is 0 Å². The molecule has 0 bridgehead atoms. The summed E-state index contributed by atoms with van der Waals surface area (Å²) in [5, 5.41) is 0.617. The van der Waals surface area contributed by atoms with Crippen molar-refractivity contribution in [3.05, 3.63) is 71.2 Å². The number of rotatable bonds is 1. The van der Waals surface area contributed by atoms with E-state index in [2.05, 4.69) is 22.0 Å². The van der Waals surface area contributed by atoms with Gasteiger partial charge in [0.05, 0.1) is 23.0 Å². The molecule has 0 radical (unpaired) electrons. The molecule has 2 aromatic rings. The molecule has 0 atom stereocenters. The Balaban J connectivity index is 1.75. The Morgan fingerprint density at radius 3 is 2.75 bits per heavy atom. The minimum atomic E-state index is 0.617. The van der Waals surface area contributed by atoms with Crippen molar-refractivity contribution < 1.29 is 4.74 Å². The summed E-state index contributed by atoms with van der Waals surface area (Å²) >= 11 is 6.17. The first-order valence-corrected chi connectivity index (χ1v) is 6.76. The molecule has 98 valence electrons. The van der Waals surface area contributed by atoms with Crippen molar-refractivity contribution in [2.45, 2.75) is 0 Å². The van der Waals surface area contributed by atoms with Crippen LogP contribution < -0.4 is 9.64 Å². The van der Waals surface area contributed by atoms with Crippen molar-refractivity contribution in [1.82, 2.24) is 0 Å². The Kier molecular flexibility index (Phi) is 2.54. The van der Waals surface area contributed by atoms with Gasteiger partial charge in [0.1, 0.15) is 6.26 Å². The average Bonchev–Trinajstić information content (AvgIpc) is 2.93. The fourth-order valence-corrected chi connectivity index (χ4v) is 2.70. The van der Waals surface area contributed by atoms with Gasteiger partial charge in [-0.3, -0.25) is 0 Å². The Morgan fingerprint density at radius 2 is 1.90 bits per heavy atom. The quantitative estimate of drug-likeness (QED) is 0.794. The van der Waals surface area contributed by atoms with E-state index >= 15 is 0 Å². The number of ether oxygens (including phenoxy) is 1. The van der Waals surface area contributed by atoms with Crippen molar-refractivity contribution in [2.24, 2.45) is 4.99 Å². The summed E-state index contributed by atoms with van der Waals surface area (Å²) in [5.74, 6) is 1.51. The second-order valence-corrected chi connectivity index (χ2v) is 5.10. The van der Waals surface area contributed by atoms with Crippen molar-refractivity contribution in [3.8, 4) is 5.75 Å². The minimum absolute atomic E-state index is 0.617. The molecule has 20 heavy (non-hydrogen) atoms. The number of hydrogen-bond donors (Lipinski definition) is 0. The van der Waals surface area contributed by atoms with E-state index in [0.29, 0.717) is 10.8 Å².